The number of imidazole rings is 2. The molecule has 0 bridgehead atoms. The first-order chi connectivity index (χ1) is 30.3. The van der Waals surface area contributed by atoms with Crippen molar-refractivity contribution in [1.82, 2.24) is 35.1 Å². The van der Waals surface area contributed by atoms with Gasteiger partial charge in [-0.3, -0.25) is 9.59 Å². The van der Waals surface area contributed by atoms with E-state index in [1.807, 2.05) is 49.8 Å². The van der Waals surface area contributed by atoms with E-state index in [4.69, 9.17) is 29.3 Å². The van der Waals surface area contributed by atoms with Crippen molar-refractivity contribution in [2.45, 2.75) is 90.6 Å². The number of primary amides is 1. The summed E-state index contributed by atoms with van der Waals surface area (Å²) < 4.78 is 20.6. The first kappa shape index (κ1) is 46.3. The lowest BCUT2D eigenvalue weighted by Crippen LogP contribution is -2.52. The van der Waals surface area contributed by atoms with E-state index in [-0.39, 0.29) is 41.8 Å². The van der Waals surface area contributed by atoms with Gasteiger partial charge in [-0.2, -0.15) is 0 Å². The fraction of sp³-hybridized carbons (Fsp3) is 0.478. The number of aliphatic hydroxyl groups excluding tert-OH is 1. The number of likely N-dealkylation sites (tertiary alicyclic amines) is 2. The number of carbonyl (C=O) groups is 4. The summed E-state index contributed by atoms with van der Waals surface area (Å²) in [6.45, 7) is 9.62. The van der Waals surface area contributed by atoms with Crippen molar-refractivity contribution < 1.29 is 43.2 Å². The van der Waals surface area contributed by atoms with Crippen molar-refractivity contribution in [3.8, 4) is 28.1 Å². The molecule has 0 radical (unpaired) electrons. The van der Waals surface area contributed by atoms with Gasteiger partial charge in [0.1, 0.15) is 30.0 Å². The maximum absolute atomic E-state index is 13.9. The van der Waals surface area contributed by atoms with Crippen LogP contribution in [-0.2, 0) is 30.4 Å². The number of hydrogen-bond donors (Lipinski definition) is 5. The smallest absolute Gasteiger partial charge is 0.407 e. The molecule has 3 aliphatic rings. The lowest BCUT2D eigenvalue weighted by molar-refractivity contribution is -0.137. The maximum atomic E-state index is 13.9. The van der Waals surface area contributed by atoms with Crippen molar-refractivity contribution in [3.05, 3.63) is 65.9 Å². The molecule has 17 heteroatoms. The number of nitrogens with two attached hydrogens (primary N) is 1. The Balaban J connectivity index is 0.000000883. The third-order valence-corrected chi connectivity index (χ3v) is 12.0. The van der Waals surface area contributed by atoms with Crippen LogP contribution < -0.4 is 15.8 Å². The molecule has 5 heterocycles. The largest absolute Gasteiger partial charge is 0.488 e. The average Bonchev–Trinajstić information content (AvgIpc) is 4.11. The van der Waals surface area contributed by atoms with E-state index in [1.165, 1.54) is 14.2 Å². The molecule has 5 aromatic rings. The Bertz CT molecular complexity index is 2430. The number of aromatic nitrogens is 4. The molecule has 5 atom stereocenters. The number of carbonyl (C=O) groups excluding carboxylic acids is 4. The van der Waals surface area contributed by atoms with Crippen molar-refractivity contribution in [2.24, 2.45) is 17.6 Å². The predicted octanol–water partition coefficient (Wildman–Crippen LogP) is 6.75. The second-order valence-corrected chi connectivity index (χ2v) is 16.4. The van der Waals surface area contributed by atoms with E-state index < -0.39 is 18.2 Å². The number of hydrogen-bond acceptors (Lipinski definition) is 11. The summed E-state index contributed by atoms with van der Waals surface area (Å²) in [7, 11) is 5.23. The van der Waals surface area contributed by atoms with E-state index in [9.17, 15) is 19.2 Å². The van der Waals surface area contributed by atoms with E-state index >= 15 is 0 Å². The molecule has 4 amide bonds. The highest BCUT2D eigenvalue weighted by atomic mass is 16.5. The van der Waals surface area contributed by atoms with Gasteiger partial charge in [-0.25, -0.2) is 19.6 Å². The highest BCUT2D eigenvalue weighted by Crippen LogP contribution is 2.44. The number of aliphatic hydroxyl groups is 1. The molecule has 2 unspecified atom stereocenters. The van der Waals surface area contributed by atoms with Crippen LogP contribution in [0.15, 0.2) is 48.7 Å². The molecule has 8 rings (SSSR count). The maximum Gasteiger partial charge on any atom is 0.407 e. The Labute approximate surface area is 367 Å². The van der Waals surface area contributed by atoms with Gasteiger partial charge in [0.15, 0.2) is 0 Å². The van der Waals surface area contributed by atoms with Gasteiger partial charge in [0.2, 0.25) is 11.8 Å². The van der Waals surface area contributed by atoms with Gasteiger partial charge in [0.05, 0.1) is 55.8 Å². The van der Waals surface area contributed by atoms with Crippen LogP contribution in [0.4, 0.5) is 9.59 Å². The van der Waals surface area contributed by atoms with Crippen molar-refractivity contribution >= 4 is 45.8 Å². The molecule has 0 aliphatic carbocycles. The molecule has 6 N–H and O–H groups in total. The van der Waals surface area contributed by atoms with Crippen LogP contribution in [0, 0.1) is 11.8 Å². The molecule has 0 spiro atoms. The third-order valence-electron chi connectivity index (χ3n) is 12.0. The number of nitrogens with zero attached hydrogens (tertiary/aromatic N) is 4. The third kappa shape index (κ3) is 9.74. The lowest BCUT2D eigenvalue weighted by Gasteiger charge is -2.32. The number of fused-ring (bicyclic) bond motifs is 6. The standard InChI is InChI=1S/C43H51N7O6.C2H5NO2.CH4O/c1-7-8-37(51)49-20-25(21-54-5)15-35(49)40-44-19-33(46-40)27-10-12-29-28(16-27)22-56-36-18-30-26(17-31(29)36)11-13-32-39(30)47-41(45-32)34-14-9-24(4)50(34)42(52)38(23(2)3)48-43(53)55-6;1-5-2(3)4;1-2/h10-13,16-19,23-25,34-35,38H,7-9,14-15,20-22H2,1-6H3,(H,44,46)(H,45,47)(H,48,53);1H3,(H2,3,4);2H,1H3/t24-,25?,34-,35?,38-;;/m0../s1. The first-order valence-electron chi connectivity index (χ1n) is 21.4. The summed E-state index contributed by atoms with van der Waals surface area (Å²) in [6.07, 6.45) is 4.24. The van der Waals surface area contributed by atoms with Crippen LogP contribution in [0.1, 0.15) is 89.1 Å². The van der Waals surface area contributed by atoms with Crippen molar-refractivity contribution in [1.29, 1.82) is 0 Å². The van der Waals surface area contributed by atoms with Crippen molar-refractivity contribution in [2.75, 3.05) is 41.6 Å². The van der Waals surface area contributed by atoms with Crippen LogP contribution in [0.3, 0.4) is 0 Å². The minimum Gasteiger partial charge on any atom is -0.488 e. The summed E-state index contributed by atoms with van der Waals surface area (Å²) in [4.78, 5) is 69.3. The second kappa shape index (κ2) is 20.3. The molecular weight excluding hydrogens is 809 g/mol. The Morgan fingerprint density at radius 3 is 2.43 bits per heavy atom. The molecule has 63 heavy (non-hydrogen) atoms. The van der Waals surface area contributed by atoms with Crippen LogP contribution >= 0.6 is 0 Å². The SMILES string of the molecule is CCCC(=O)N1CC(COC)CC1c1ncc(-c2ccc3c(c2)COc2cc4c(ccc5[nH]c([C@@H]6CC[C@H](C)N6C(=O)[C@@H](NC(=O)OC)C(C)C)nc54)cc2-3)[nH]1.CO.COC(N)=O. The number of benzene rings is 3. The zero-order chi connectivity index (χ0) is 45.5. The molecule has 2 fully saturated rings. The molecule has 338 valence electrons. The molecule has 2 aromatic heterocycles. The normalized spacial score (nSPS) is 19.3. The van der Waals surface area contributed by atoms with Gasteiger partial charge in [-0.15, -0.1) is 0 Å². The number of methoxy groups -OCH3 is 3. The van der Waals surface area contributed by atoms with Gasteiger partial charge in [-0.1, -0.05) is 39.0 Å². The van der Waals surface area contributed by atoms with Gasteiger partial charge >= 0.3 is 12.2 Å². The molecule has 3 aromatic carbocycles. The Hall–Kier alpha value is -6.20. The Kier molecular flexibility index (Phi) is 14.9. The number of rotatable bonds is 10. The van der Waals surface area contributed by atoms with Crippen LogP contribution in [0.2, 0.25) is 0 Å². The summed E-state index contributed by atoms with van der Waals surface area (Å²) in [5, 5.41) is 11.7. The summed E-state index contributed by atoms with van der Waals surface area (Å²) in [6, 6.07) is 13.7. The number of H-pyrrole nitrogens is 2. The summed E-state index contributed by atoms with van der Waals surface area (Å²) >= 11 is 0. The van der Waals surface area contributed by atoms with Crippen molar-refractivity contribution in [3.63, 3.8) is 0 Å². The van der Waals surface area contributed by atoms with Crippen LogP contribution in [0.25, 0.3) is 44.2 Å². The number of nitrogens with one attached hydrogen (secondary N) is 3. The molecule has 3 aliphatic heterocycles. The quantitative estimate of drug-likeness (QED) is 0.0986. The summed E-state index contributed by atoms with van der Waals surface area (Å²) in [5.41, 5.74) is 11.3. The van der Waals surface area contributed by atoms with Gasteiger partial charge in [-0.05, 0) is 84.9 Å². The number of ether oxygens (including phenoxy) is 4. The van der Waals surface area contributed by atoms with Crippen LogP contribution in [0.5, 0.6) is 5.75 Å². The molecule has 0 saturated carbocycles. The average molecular weight is 869 g/mol. The first-order valence-corrected chi connectivity index (χ1v) is 21.4. The topological polar surface area (TPSA) is 227 Å². The Morgan fingerprint density at radius 1 is 0.984 bits per heavy atom. The number of alkyl carbamates (subject to hydrolysis) is 1. The predicted molar refractivity (Wildman–Crippen MR) is 237 cm³/mol. The summed E-state index contributed by atoms with van der Waals surface area (Å²) in [5.74, 6) is 2.50. The van der Waals surface area contributed by atoms with E-state index in [0.717, 1.165) is 99.9 Å². The fourth-order valence-corrected chi connectivity index (χ4v) is 8.94. The zero-order valence-corrected chi connectivity index (χ0v) is 37.3. The highest BCUT2D eigenvalue weighted by Gasteiger charge is 2.42. The van der Waals surface area contributed by atoms with Gasteiger partial charge in [0.25, 0.3) is 0 Å². The molecule has 17 nitrogen and oxygen atoms in total. The van der Waals surface area contributed by atoms with Crippen LogP contribution in [-0.4, -0.2) is 113 Å². The highest BCUT2D eigenvalue weighted by molar-refractivity contribution is 6.07. The van der Waals surface area contributed by atoms with E-state index in [2.05, 4.69) is 62.2 Å². The minimum absolute atomic E-state index is 0.0118. The Morgan fingerprint density at radius 2 is 1.75 bits per heavy atom. The fourth-order valence-electron chi connectivity index (χ4n) is 8.94. The van der Waals surface area contributed by atoms with Gasteiger partial charge in [0, 0.05) is 50.1 Å². The number of amides is 4. The minimum atomic E-state index is -0.745. The number of aromatic amines is 2. The second-order valence-electron chi connectivity index (χ2n) is 16.4. The van der Waals surface area contributed by atoms with Gasteiger partial charge < -0.3 is 54.9 Å². The molecular formula is C46H60N8O9. The zero-order valence-electron chi connectivity index (χ0n) is 37.3. The van der Waals surface area contributed by atoms with E-state index in [0.29, 0.717) is 26.2 Å². The molecule has 2 saturated heterocycles. The monoisotopic (exact) mass is 868 g/mol. The lowest BCUT2D eigenvalue weighted by atomic mass is 9.92. The van der Waals surface area contributed by atoms with E-state index in [1.54, 1.807) is 7.11 Å².